The van der Waals surface area contributed by atoms with Gasteiger partial charge < -0.3 is 4.74 Å². The summed E-state index contributed by atoms with van der Waals surface area (Å²) in [6.07, 6.45) is 1.52. The van der Waals surface area contributed by atoms with Crippen molar-refractivity contribution in [1.29, 1.82) is 0 Å². The number of halogens is 3. The minimum absolute atomic E-state index is 0.00463. The lowest BCUT2D eigenvalue weighted by Crippen LogP contribution is -2.06. The van der Waals surface area contributed by atoms with Gasteiger partial charge >= 0.3 is 6.61 Å². The molecule has 1 rings (SSSR count). The van der Waals surface area contributed by atoms with Crippen LogP contribution in [0.5, 0.6) is 5.88 Å². The summed E-state index contributed by atoms with van der Waals surface area (Å²) >= 11 is 2.08. The van der Waals surface area contributed by atoms with Crippen LogP contribution in [0, 0.1) is 17.4 Å². The number of hydrogen-bond donors (Lipinski definition) is 0. The number of hydrogen-bond acceptors (Lipinski definition) is 2. The van der Waals surface area contributed by atoms with Gasteiger partial charge in [0.25, 0.3) is 0 Å². The lowest BCUT2D eigenvalue weighted by molar-refractivity contribution is -0.0534. The molecule has 0 atom stereocenters. The molecule has 0 saturated carbocycles. The highest BCUT2D eigenvalue weighted by Gasteiger charge is 2.11. The van der Waals surface area contributed by atoms with Crippen molar-refractivity contribution < 1.29 is 13.5 Å². The summed E-state index contributed by atoms with van der Waals surface area (Å²) < 4.78 is 28.9. The Morgan fingerprint density at radius 3 is 2.62 bits per heavy atom. The van der Waals surface area contributed by atoms with Gasteiger partial charge in [-0.1, -0.05) is 0 Å². The van der Waals surface area contributed by atoms with E-state index in [0.717, 1.165) is 9.13 Å². The van der Waals surface area contributed by atoms with E-state index in [-0.39, 0.29) is 5.88 Å². The van der Waals surface area contributed by atoms with Crippen molar-refractivity contribution in [2.75, 3.05) is 0 Å². The SMILES string of the molecule is Cc1cnc(OC(F)F)c(C)c1I. The zero-order valence-electron chi connectivity index (χ0n) is 7.14. The Bertz CT molecular complexity index is 317. The lowest BCUT2D eigenvalue weighted by atomic mass is 10.2. The Hall–Kier alpha value is -0.460. The molecule has 0 aromatic carbocycles. The van der Waals surface area contributed by atoms with Crippen molar-refractivity contribution in [3.05, 3.63) is 20.9 Å². The number of ether oxygens (including phenoxy) is 1. The van der Waals surface area contributed by atoms with E-state index >= 15 is 0 Å². The van der Waals surface area contributed by atoms with Gasteiger partial charge in [-0.05, 0) is 42.0 Å². The topological polar surface area (TPSA) is 22.1 Å². The molecule has 0 unspecified atom stereocenters. The summed E-state index contributed by atoms with van der Waals surface area (Å²) in [6.45, 7) is 0.762. The van der Waals surface area contributed by atoms with Crippen molar-refractivity contribution >= 4 is 22.6 Å². The van der Waals surface area contributed by atoms with Crippen LogP contribution in [0.3, 0.4) is 0 Å². The third kappa shape index (κ3) is 2.49. The molecule has 13 heavy (non-hydrogen) atoms. The Balaban J connectivity index is 3.04. The molecule has 0 aliphatic rings. The number of aryl methyl sites for hydroxylation is 1. The molecule has 5 heteroatoms. The van der Waals surface area contributed by atoms with Crippen molar-refractivity contribution in [1.82, 2.24) is 4.98 Å². The van der Waals surface area contributed by atoms with Gasteiger partial charge in [0.1, 0.15) is 0 Å². The van der Waals surface area contributed by atoms with E-state index in [9.17, 15) is 8.78 Å². The van der Waals surface area contributed by atoms with Crippen LogP contribution in [-0.4, -0.2) is 11.6 Å². The van der Waals surface area contributed by atoms with E-state index in [1.807, 2.05) is 6.92 Å². The number of alkyl halides is 2. The van der Waals surface area contributed by atoms with Gasteiger partial charge in [-0.25, -0.2) is 4.98 Å². The van der Waals surface area contributed by atoms with Crippen molar-refractivity contribution in [3.8, 4) is 5.88 Å². The van der Waals surface area contributed by atoms with E-state index in [0.29, 0.717) is 5.56 Å². The molecule has 0 fully saturated rings. The minimum atomic E-state index is -2.82. The number of pyridine rings is 1. The first kappa shape index (κ1) is 10.6. The standard InChI is InChI=1S/C8H8F2INO/c1-4-3-12-7(13-8(9)10)5(2)6(4)11/h3,8H,1-2H3. The summed E-state index contributed by atoms with van der Waals surface area (Å²) in [5, 5.41) is 0. The molecule has 0 bridgehead atoms. The van der Waals surface area contributed by atoms with Crippen LogP contribution in [0.25, 0.3) is 0 Å². The van der Waals surface area contributed by atoms with Gasteiger partial charge in [-0.3, -0.25) is 0 Å². The molecule has 1 aromatic rings. The first-order valence-corrected chi connectivity index (χ1v) is 4.66. The van der Waals surface area contributed by atoms with E-state index in [4.69, 9.17) is 0 Å². The third-order valence-corrected chi connectivity index (χ3v) is 3.23. The molecule has 0 amide bonds. The molecule has 0 radical (unpaired) electrons. The molecule has 1 aromatic heterocycles. The Morgan fingerprint density at radius 2 is 2.08 bits per heavy atom. The van der Waals surface area contributed by atoms with Crippen molar-refractivity contribution in [3.63, 3.8) is 0 Å². The van der Waals surface area contributed by atoms with Crippen LogP contribution < -0.4 is 4.74 Å². The smallest absolute Gasteiger partial charge is 0.388 e. The van der Waals surface area contributed by atoms with Crippen LogP contribution >= 0.6 is 22.6 Å². The van der Waals surface area contributed by atoms with Crippen LogP contribution in [-0.2, 0) is 0 Å². The Kier molecular flexibility index (Phi) is 3.40. The molecule has 1 heterocycles. The number of rotatable bonds is 2. The van der Waals surface area contributed by atoms with Crippen molar-refractivity contribution in [2.45, 2.75) is 20.5 Å². The fourth-order valence-electron chi connectivity index (χ4n) is 0.902. The summed E-state index contributed by atoms with van der Waals surface area (Å²) in [5.74, 6) is 0.00463. The highest BCUT2D eigenvalue weighted by Crippen LogP contribution is 2.24. The Morgan fingerprint density at radius 1 is 1.46 bits per heavy atom. The van der Waals surface area contributed by atoms with Gasteiger partial charge in [-0.15, -0.1) is 0 Å². The molecule has 0 saturated heterocycles. The largest absolute Gasteiger partial charge is 0.417 e. The van der Waals surface area contributed by atoms with Gasteiger partial charge in [0.15, 0.2) is 0 Å². The monoisotopic (exact) mass is 299 g/mol. The average molecular weight is 299 g/mol. The molecule has 0 aliphatic carbocycles. The number of nitrogens with zero attached hydrogens (tertiary/aromatic N) is 1. The molecule has 0 spiro atoms. The Labute approximate surface area is 88.5 Å². The summed E-state index contributed by atoms with van der Waals surface area (Å²) in [4.78, 5) is 3.77. The lowest BCUT2D eigenvalue weighted by Gasteiger charge is -2.08. The molecule has 72 valence electrons. The van der Waals surface area contributed by atoms with E-state index in [1.165, 1.54) is 6.20 Å². The molecule has 0 aliphatic heterocycles. The second-order valence-corrected chi connectivity index (χ2v) is 3.64. The molecular weight excluding hydrogens is 291 g/mol. The highest BCUT2D eigenvalue weighted by molar-refractivity contribution is 14.1. The number of aromatic nitrogens is 1. The van der Waals surface area contributed by atoms with Gasteiger partial charge in [0.05, 0.1) is 0 Å². The van der Waals surface area contributed by atoms with Crippen LogP contribution in [0.4, 0.5) is 8.78 Å². The van der Waals surface area contributed by atoms with Crippen molar-refractivity contribution in [2.24, 2.45) is 0 Å². The fourth-order valence-corrected chi connectivity index (χ4v) is 1.27. The zero-order valence-corrected chi connectivity index (χ0v) is 9.30. The molecular formula is C8H8F2INO. The second kappa shape index (κ2) is 4.17. The maximum Gasteiger partial charge on any atom is 0.388 e. The maximum atomic E-state index is 11.9. The van der Waals surface area contributed by atoms with Crippen LogP contribution in [0.15, 0.2) is 6.20 Å². The quantitative estimate of drug-likeness (QED) is 0.783. The maximum absolute atomic E-state index is 11.9. The van der Waals surface area contributed by atoms with E-state index in [2.05, 4.69) is 32.3 Å². The van der Waals surface area contributed by atoms with E-state index in [1.54, 1.807) is 6.92 Å². The van der Waals surface area contributed by atoms with Gasteiger partial charge in [-0.2, -0.15) is 8.78 Å². The summed E-state index contributed by atoms with van der Waals surface area (Å²) in [5.41, 5.74) is 1.61. The first-order chi connectivity index (χ1) is 6.02. The van der Waals surface area contributed by atoms with Gasteiger partial charge in [0, 0.05) is 15.3 Å². The first-order valence-electron chi connectivity index (χ1n) is 3.59. The molecule has 2 nitrogen and oxygen atoms in total. The minimum Gasteiger partial charge on any atom is -0.417 e. The predicted octanol–water partition coefficient (Wildman–Crippen LogP) is 2.90. The summed E-state index contributed by atoms with van der Waals surface area (Å²) in [7, 11) is 0. The normalized spacial score (nSPS) is 10.6. The highest BCUT2D eigenvalue weighted by atomic mass is 127. The fraction of sp³-hybridized carbons (Fsp3) is 0.375. The summed E-state index contributed by atoms with van der Waals surface area (Å²) in [6, 6.07) is 0. The van der Waals surface area contributed by atoms with Gasteiger partial charge in [0.2, 0.25) is 5.88 Å². The van der Waals surface area contributed by atoms with Crippen LogP contribution in [0.1, 0.15) is 11.1 Å². The van der Waals surface area contributed by atoms with E-state index < -0.39 is 6.61 Å². The third-order valence-electron chi connectivity index (χ3n) is 1.57. The average Bonchev–Trinajstić information content (AvgIpc) is 2.06. The predicted molar refractivity (Wildman–Crippen MR) is 53.1 cm³/mol. The zero-order chi connectivity index (χ0) is 10.0. The van der Waals surface area contributed by atoms with Crippen LogP contribution in [0.2, 0.25) is 0 Å². The second-order valence-electron chi connectivity index (χ2n) is 2.56. The molecule has 0 N–H and O–H groups in total.